The molecule has 0 aromatic heterocycles. The molecule has 13 nitrogen and oxygen atoms in total. The molecule has 59 heavy (non-hydrogen) atoms. The molecule has 1 unspecified atom stereocenters. The molecular formula is C45H49ClN8O5. The zero-order chi connectivity index (χ0) is 40.8. The average molecular weight is 817 g/mol. The van der Waals surface area contributed by atoms with Gasteiger partial charge >= 0.3 is 0 Å². The highest BCUT2D eigenvalue weighted by atomic mass is 35.5. The number of rotatable bonds is 7. The van der Waals surface area contributed by atoms with E-state index in [2.05, 4.69) is 43.1 Å². The Kier molecular flexibility index (Phi) is 10.6. The minimum Gasteiger partial charge on any atom is -0.371 e. The average Bonchev–Trinajstić information content (AvgIpc) is 3.78. The van der Waals surface area contributed by atoms with Crippen LogP contribution in [0.4, 0.5) is 17.1 Å². The molecule has 6 aliphatic heterocycles. The monoisotopic (exact) mass is 816 g/mol. The van der Waals surface area contributed by atoms with Gasteiger partial charge in [0.2, 0.25) is 11.8 Å². The van der Waals surface area contributed by atoms with Crippen LogP contribution in [0, 0.1) is 22.7 Å². The van der Waals surface area contributed by atoms with Crippen LogP contribution in [0.1, 0.15) is 81.6 Å². The summed E-state index contributed by atoms with van der Waals surface area (Å²) in [6.07, 6.45) is 5.23. The van der Waals surface area contributed by atoms with Gasteiger partial charge in [0.1, 0.15) is 12.1 Å². The van der Waals surface area contributed by atoms with E-state index in [4.69, 9.17) is 11.6 Å². The number of piperidine rings is 3. The number of nitrogens with zero attached hydrogens (tertiary/aromatic N) is 7. The molecule has 5 amide bonds. The number of halogens is 1. The number of likely N-dealkylation sites (tertiary alicyclic amines) is 1. The molecule has 0 radical (unpaired) electrons. The summed E-state index contributed by atoms with van der Waals surface area (Å²) < 4.78 is 0. The van der Waals surface area contributed by atoms with Gasteiger partial charge in [-0.15, -0.1) is 0 Å². The van der Waals surface area contributed by atoms with Crippen molar-refractivity contribution in [2.24, 2.45) is 11.3 Å². The van der Waals surface area contributed by atoms with Crippen LogP contribution in [0.3, 0.4) is 0 Å². The summed E-state index contributed by atoms with van der Waals surface area (Å²) in [5.41, 5.74) is 5.03. The van der Waals surface area contributed by atoms with Gasteiger partial charge in [0.05, 0.1) is 27.4 Å². The summed E-state index contributed by atoms with van der Waals surface area (Å²) in [5, 5.41) is 12.0. The molecule has 6 heterocycles. The number of carbonyl (C=O) groups is 5. The number of anilines is 3. The maximum absolute atomic E-state index is 13.6. The summed E-state index contributed by atoms with van der Waals surface area (Å²) in [6, 6.07) is 20.3. The first-order chi connectivity index (χ1) is 28.6. The van der Waals surface area contributed by atoms with Gasteiger partial charge in [0, 0.05) is 95.4 Å². The number of carbonyl (C=O) groups excluding carboxylic acids is 5. The van der Waals surface area contributed by atoms with Crippen LogP contribution in [0.25, 0.3) is 0 Å². The summed E-state index contributed by atoms with van der Waals surface area (Å²) in [6.45, 7) is 9.73. The molecule has 1 atom stereocenters. The van der Waals surface area contributed by atoms with Crippen molar-refractivity contribution in [2.45, 2.75) is 51.0 Å². The third-order valence-corrected chi connectivity index (χ3v) is 14.1. The fourth-order valence-electron chi connectivity index (χ4n) is 10.2. The van der Waals surface area contributed by atoms with Crippen LogP contribution in [-0.2, 0) is 9.59 Å². The van der Waals surface area contributed by atoms with Crippen molar-refractivity contribution in [3.63, 3.8) is 0 Å². The van der Waals surface area contributed by atoms with Gasteiger partial charge in [-0.05, 0) is 104 Å². The Morgan fingerprint density at radius 1 is 0.780 bits per heavy atom. The van der Waals surface area contributed by atoms with E-state index in [1.165, 1.54) is 0 Å². The first kappa shape index (κ1) is 39.0. The summed E-state index contributed by atoms with van der Waals surface area (Å²) >= 11 is 6.32. The van der Waals surface area contributed by atoms with Gasteiger partial charge < -0.3 is 19.6 Å². The van der Waals surface area contributed by atoms with Crippen molar-refractivity contribution in [2.75, 3.05) is 86.7 Å². The molecule has 5 fully saturated rings. The predicted octanol–water partition coefficient (Wildman–Crippen LogP) is 4.78. The van der Waals surface area contributed by atoms with Crippen molar-refractivity contribution in [1.82, 2.24) is 20.0 Å². The number of hydrogen-bond acceptors (Lipinski definition) is 10. The Hall–Kier alpha value is -5.45. The number of nitrogens with one attached hydrogen (secondary N) is 1. The highest BCUT2D eigenvalue weighted by molar-refractivity contribution is 6.32. The molecule has 1 spiro atoms. The van der Waals surface area contributed by atoms with E-state index in [0.29, 0.717) is 27.6 Å². The Bertz CT molecular complexity index is 2220. The normalized spacial score (nSPS) is 22.6. The van der Waals surface area contributed by atoms with Gasteiger partial charge in [-0.25, -0.2) is 0 Å². The lowest BCUT2D eigenvalue weighted by Crippen LogP contribution is -2.54. The highest BCUT2D eigenvalue weighted by Crippen LogP contribution is 2.43. The van der Waals surface area contributed by atoms with E-state index < -0.39 is 23.8 Å². The van der Waals surface area contributed by atoms with Crippen molar-refractivity contribution in [1.29, 1.82) is 5.26 Å². The first-order valence-corrected chi connectivity index (χ1v) is 21.4. The molecule has 3 aromatic carbocycles. The standard InChI is InChI=1S/C45H49ClN8O5/c46-36-26-34(9-6-32(36)27-47)53-21-16-45(29-53)14-19-52(20-15-45)42(57)31-4-7-33(8-5-31)50-24-22-49(23-25-50)28-30-12-17-51(18-13-30)37-3-1-2-35-40(37)44(59)54(43(35)58)38-10-11-39(55)48-41(38)56/h1-9,26,30,38H,10-25,28-29H2,(H,48,55,56). The fraction of sp³-hybridized carbons (Fsp3) is 0.467. The lowest BCUT2D eigenvalue weighted by atomic mass is 9.77. The topological polar surface area (TPSA) is 141 Å². The molecule has 0 bridgehead atoms. The summed E-state index contributed by atoms with van der Waals surface area (Å²) in [5.74, 6) is -1.30. The van der Waals surface area contributed by atoms with Gasteiger partial charge in [0.25, 0.3) is 17.7 Å². The number of nitriles is 1. The number of fused-ring (bicyclic) bond motifs is 1. The van der Waals surface area contributed by atoms with Crippen LogP contribution >= 0.6 is 11.6 Å². The zero-order valence-electron chi connectivity index (χ0n) is 33.2. The van der Waals surface area contributed by atoms with Crippen LogP contribution in [-0.4, -0.2) is 122 Å². The Balaban J connectivity index is 0.725. The molecular weight excluding hydrogens is 768 g/mol. The molecule has 0 aliphatic carbocycles. The number of piperazine rings is 1. The maximum Gasteiger partial charge on any atom is 0.264 e. The lowest BCUT2D eigenvalue weighted by molar-refractivity contribution is -0.136. The third kappa shape index (κ3) is 7.53. The van der Waals surface area contributed by atoms with E-state index in [-0.39, 0.29) is 30.1 Å². The Morgan fingerprint density at radius 3 is 2.19 bits per heavy atom. The SMILES string of the molecule is N#Cc1ccc(N2CCC3(CCN(C(=O)c4ccc(N5CCN(CC6CCN(c7cccc8c7C(=O)N(C7CCC(=O)NC7=O)C8=O)CC6)CC5)cc4)CC3)C2)cc1Cl. The largest absolute Gasteiger partial charge is 0.371 e. The van der Waals surface area contributed by atoms with Crippen molar-refractivity contribution >= 4 is 58.2 Å². The summed E-state index contributed by atoms with van der Waals surface area (Å²) in [7, 11) is 0. The highest BCUT2D eigenvalue weighted by Gasteiger charge is 2.46. The van der Waals surface area contributed by atoms with Gasteiger partial charge in [-0.1, -0.05) is 17.7 Å². The molecule has 306 valence electrons. The second kappa shape index (κ2) is 16.0. The molecule has 5 saturated heterocycles. The third-order valence-electron chi connectivity index (χ3n) is 13.8. The van der Waals surface area contributed by atoms with Crippen LogP contribution in [0.5, 0.6) is 0 Å². The number of hydrogen-bond donors (Lipinski definition) is 1. The smallest absolute Gasteiger partial charge is 0.264 e. The zero-order valence-corrected chi connectivity index (χ0v) is 34.0. The van der Waals surface area contributed by atoms with Crippen molar-refractivity contribution < 1.29 is 24.0 Å². The Labute approximate surface area is 349 Å². The lowest BCUT2D eigenvalue weighted by Gasteiger charge is -2.40. The van der Waals surface area contributed by atoms with Gasteiger partial charge in [0.15, 0.2) is 0 Å². The Morgan fingerprint density at radius 2 is 1.49 bits per heavy atom. The van der Waals surface area contributed by atoms with E-state index >= 15 is 0 Å². The van der Waals surface area contributed by atoms with Gasteiger partial charge in [-0.3, -0.25) is 39.1 Å². The second-order valence-corrected chi connectivity index (χ2v) is 17.6. The molecule has 6 aliphatic rings. The quantitative estimate of drug-likeness (QED) is 0.332. The fourth-order valence-corrected chi connectivity index (χ4v) is 10.4. The van der Waals surface area contributed by atoms with E-state index in [9.17, 15) is 29.2 Å². The van der Waals surface area contributed by atoms with Crippen LogP contribution in [0.15, 0.2) is 60.7 Å². The molecule has 0 saturated carbocycles. The van der Waals surface area contributed by atoms with Crippen LogP contribution < -0.4 is 20.0 Å². The molecule has 14 heteroatoms. The molecule has 3 aromatic rings. The van der Waals surface area contributed by atoms with Gasteiger partial charge in [-0.2, -0.15) is 5.26 Å². The molecule has 9 rings (SSSR count). The number of imide groups is 2. The number of amides is 5. The minimum atomic E-state index is -0.976. The van der Waals surface area contributed by atoms with E-state index in [1.807, 2.05) is 35.2 Å². The summed E-state index contributed by atoms with van der Waals surface area (Å²) in [4.78, 5) is 77.4. The molecule has 1 N–H and O–H groups in total. The maximum atomic E-state index is 13.6. The van der Waals surface area contributed by atoms with E-state index in [1.54, 1.807) is 18.2 Å². The first-order valence-electron chi connectivity index (χ1n) is 21.0. The predicted molar refractivity (Wildman–Crippen MR) is 224 cm³/mol. The van der Waals surface area contributed by atoms with Crippen molar-refractivity contribution in [3.8, 4) is 6.07 Å². The van der Waals surface area contributed by atoms with Crippen LogP contribution in [0.2, 0.25) is 5.02 Å². The minimum absolute atomic E-state index is 0.0942. The van der Waals surface area contributed by atoms with E-state index in [0.717, 1.165) is 132 Å². The van der Waals surface area contributed by atoms with Crippen molar-refractivity contribution in [3.05, 3.63) is 87.9 Å². The number of benzene rings is 3. The second-order valence-electron chi connectivity index (χ2n) is 17.2.